The molecule has 162 valence electrons. The van der Waals surface area contributed by atoms with Gasteiger partial charge in [-0.15, -0.1) is 0 Å². The molecule has 0 saturated heterocycles. The Morgan fingerprint density at radius 1 is 1.03 bits per heavy atom. The molecule has 0 aliphatic carbocycles. The van der Waals surface area contributed by atoms with Crippen LogP contribution in [0, 0.1) is 6.92 Å². The maximum atomic E-state index is 12.8. The molecule has 0 spiro atoms. The number of amides is 1. The van der Waals surface area contributed by atoms with Gasteiger partial charge in [-0.3, -0.25) is 9.80 Å². The SMILES string of the molecule is Cc1noc(CN(N)C(=O)c2cc(-c3ccc(Oc4ccc(Cl)cc4)cc3)ccc2N)n1. The maximum absolute atomic E-state index is 12.8. The van der Waals surface area contributed by atoms with Gasteiger partial charge in [0.2, 0.25) is 5.89 Å². The Morgan fingerprint density at radius 3 is 2.28 bits per heavy atom. The van der Waals surface area contributed by atoms with Gasteiger partial charge in [-0.05, 0) is 66.6 Å². The predicted octanol–water partition coefficient (Wildman–Crippen LogP) is 4.59. The normalized spacial score (nSPS) is 10.7. The van der Waals surface area contributed by atoms with E-state index in [1.54, 1.807) is 43.3 Å². The van der Waals surface area contributed by atoms with Crippen LogP contribution in [-0.2, 0) is 6.54 Å². The molecule has 0 saturated carbocycles. The van der Waals surface area contributed by atoms with Crippen LogP contribution in [0.1, 0.15) is 22.1 Å². The summed E-state index contributed by atoms with van der Waals surface area (Å²) in [6.45, 7) is 1.66. The summed E-state index contributed by atoms with van der Waals surface area (Å²) >= 11 is 5.90. The number of ether oxygens (including phenoxy) is 1. The first-order chi connectivity index (χ1) is 15.4. The summed E-state index contributed by atoms with van der Waals surface area (Å²) in [5, 5.41) is 5.32. The molecule has 0 aliphatic heterocycles. The Labute approximate surface area is 189 Å². The average Bonchev–Trinajstić information content (AvgIpc) is 3.20. The zero-order chi connectivity index (χ0) is 22.7. The number of carbonyl (C=O) groups excluding carboxylic acids is 1. The summed E-state index contributed by atoms with van der Waals surface area (Å²) in [5.74, 6) is 7.53. The second-order valence-electron chi connectivity index (χ2n) is 7.05. The smallest absolute Gasteiger partial charge is 0.270 e. The molecule has 4 aromatic rings. The van der Waals surface area contributed by atoms with Crippen molar-refractivity contribution >= 4 is 23.2 Å². The Hall–Kier alpha value is -3.88. The quantitative estimate of drug-likeness (QED) is 0.191. The van der Waals surface area contributed by atoms with E-state index in [-0.39, 0.29) is 18.0 Å². The van der Waals surface area contributed by atoms with Crippen LogP contribution in [0.15, 0.2) is 71.3 Å². The molecule has 8 nitrogen and oxygen atoms in total. The molecule has 1 heterocycles. The molecule has 0 fully saturated rings. The summed E-state index contributed by atoms with van der Waals surface area (Å²) in [5.41, 5.74) is 8.33. The fourth-order valence-electron chi connectivity index (χ4n) is 3.05. The van der Waals surface area contributed by atoms with Crippen molar-refractivity contribution in [2.45, 2.75) is 13.5 Å². The second kappa shape index (κ2) is 9.09. The number of nitrogens with two attached hydrogens (primary N) is 2. The van der Waals surface area contributed by atoms with Gasteiger partial charge in [0, 0.05) is 10.7 Å². The molecule has 9 heteroatoms. The van der Waals surface area contributed by atoms with E-state index in [1.165, 1.54) is 0 Å². The molecule has 0 bridgehead atoms. The van der Waals surface area contributed by atoms with Gasteiger partial charge in [0.25, 0.3) is 5.91 Å². The third-order valence-corrected chi connectivity index (χ3v) is 4.91. The van der Waals surface area contributed by atoms with Crippen molar-refractivity contribution in [1.29, 1.82) is 0 Å². The van der Waals surface area contributed by atoms with Crippen molar-refractivity contribution in [3.8, 4) is 22.6 Å². The Kier molecular flexibility index (Phi) is 6.07. The van der Waals surface area contributed by atoms with Crippen LogP contribution in [0.5, 0.6) is 11.5 Å². The fraction of sp³-hybridized carbons (Fsp3) is 0.0870. The number of hydrogen-bond acceptors (Lipinski definition) is 7. The van der Waals surface area contributed by atoms with Gasteiger partial charge in [0.15, 0.2) is 5.82 Å². The van der Waals surface area contributed by atoms with Crippen molar-refractivity contribution in [3.05, 3.63) is 89.0 Å². The monoisotopic (exact) mass is 449 g/mol. The molecule has 0 radical (unpaired) electrons. The molecule has 4 rings (SSSR count). The van der Waals surface area contributed by atoms with Crippen molar-refractivity contribution in [3.63, 3.8) is 0 Å². The predicted molar refractivity (Wildman–Crippen MR) is 121 cm³/mol. The highest BCUT2D eigenvalue weighted by Crippen LogP contribution is 2.28. The molecule has 4 N–H and O–H groups in total. The van der Waals surface area contributed by atoms with Crippen LogP contribution in [0.4, 0.5) is 5.69 Å². The lowest BCUT2D eigenvalue weighted by Gasteiger charge is -2.16. The van der Waals surface area contributed by atoms with E-state index in [2.05, 4.69) is 10.1 Å². The van der Waals surface area contributed by atoms with Crippen molar-refractivity contribution in [1.82, 2.24) is 15.1 Å². The minimum atomic E-state index is -0.456. The molecule has 0 atom stereocenters. The van der Waals surface area contributed by atoms with E-state index in [0.717, 1.165) is 16.1 Å². The first-order valence-corrected chi connectivity index (χ1v) is 10.1. The third-order valence-electron chi connectivity index (χ3n) is 4.66. The van der Waals surface area contributed by atoms with Gasteiger partial charge in [-0.1, -0.05) is 35.0 Å². The zero-order valence-corrected chi connectivity index (χ0v) is 17.9. The van der Waals surface area contributed by atoms with Crippen LogP contribution in [0.3, 0.4) is 0 Å². The molecule has 0 aliphatic rings. The number of benzene rings is 3. The number of nitrogen functional groups attached to an aromatic ring is 1. The highest BCUT2D eigenvalue weighted by molar-refractivity contribution is 6.30. The Morgan fingerprint density at radius 2 is 1.66 bits per heavy atom. The topological polar surface area (TPSA) is 121 Å². The van der Waals surface area contributed by atoms with E-state index in [4.69, 9.17) is 32.4 Å². The highest BCUT2D eigenvalue weighted by atomic mass is 35.5. The van der Waals surface area contributed by atoms with Gasteiger partial charge < -0.3 is 15.0 Å². The number of carbonyl (C=O) groups is 1. The van der Waals surface area contributed by atoms with Gasteiger partial charge in [-0.2, -0.15) is 4.98 Å². The number of halogens is 1. The van der Waals surface area contributed by atoms with Gasteiger partial charge in [0.1, 0.15) is 18.0 Å². The first kappa shape index (κ1) is 21.4. The third kappa shape index (κ3) is 4.88. The molecule has 32 heavy (non-hydrogen) atoms. The Balaban J connectivity index is 1.51. The molecular formula is C23H20ClN5O3. The van der Waals surface area contributed by atoms with E-state index in [0.29, 0.717) is 28.0 Å². The summed E-state index contributed by atoms with van der Waals surface area (Å²) in [6.07, 6.45) is 0. The van der Waals surface area contributed by atoms with E-state index >= 15 is 0 Å². The second-order valence-corrected chi connectivity index (χ2v) is 7.49. The number of aryl methyl sites for hydroxylation is 1. The Bertz CT molecular complexity index is 1240. The lowest BCUT2D eigenvalue weighted by Crippen LogP contribution is -2.37. The summed E-state index contributed by atoms with van der Waals surface area (Å²) in [7, 11) is 0. The van der Waals surface area contributed by atoms with Crippen molar-refractivity contribution < 1.29 is 14.1 Å². The molecular weight excluding hydrogens is 430 g/mol. The van der Waals surface area contributed by atoms with Gasteiger partial charge >= 0.3 is 0 Å². The summed E-state index contributed by atoms with van der Waals surface area (Å²) in [6, 6.07) is 19.8. The standard InChI is InChI=1S/C23H20ClN5O3/c1-14-27-22(32-28-14)13-29(26)23(30)20-12-16(4-11-21(20)25)15-2-7-18(8-3-15)31-19-9-5-17(24)6-10-19/h2-12H,13,25-26H2,1H3. The fourth-order valence-corrected chi connectivity index (χ4v) is 3.18. The van der Waals surface area contributed by atoms with E-state index < -0.39 is 5.91 Å². The summed E-state index contributed by atoms with van der Waals surface area (Å²) < 4.78 is 10.8. The first-order valence-electron chi connectivity index (χ1n) is 9.68. The van der Waals surface area contributed by atoms with E-state index in [1.807, 2.05) is 30.3 Å². The van der Waals surface area contributed by atoms with Crippen LogP contribution in [-0.4, -0.2) is 21.1 Å². The average molecular weight is 450 g/mol. The van der Waals surface area contributed by atoms with Gasteiger partial charge in [-0.25, -0.2) is 5.84 Å². The van der Waals surface area contributed by atoms with Crippen LogP contribution < -0.4 is 16.3 Å². The number of hydrazine groups is 1. The molecule has 3 aromatic carbocycles. The highest BCUT2D eigenvalue weighted by Gasteiger charge is 2.19. The largest absolute Gasteiger partial charge is 0.457 e. The molecule has 1 aromatic heterocycles. The van der Waals surface area contributed by atoms with Crippen LogP contribution >= 0.6 is 11.6 Å². The molecule has 1 amide bonds. The van der Waals surface area contributed by atoms with Crippen LogP contribution in [0.25, 0.3) is 11.1 Å². The lowest BCUT2D eigenvalue weighted by molar-refractivity contribution is 0.0725. The zero-order valence-electron chi connectivity index (χ0n) is 17.2. The number of anilines is 1. The lowest BCUT2D eigenvalue weighted by atomic mass is 10.0. The summed E-state index contributed by atoms with van der Waals surface area (Å²) in [4.78, 5) is 16.9. The maximum Gasteiger partial charge on any atom is 0.270 e. The minimum Gasteiger partial charge on any atom is -0.457 e. The van der Waals surface area contributed by atoms with Crippen molar-refractivity contribution in [2.24, 2.45) is 5.84 Å². The number of rotatable bonds is 6. The van der Waals surface area contributed by atoms with Crippen molar-refractivity contribution in [2.75, 3.05) is 5.73 Å². The molecule has 0 unspecified atom stereocenters. The minimum absolute atomic E-state index is 0.0277. The van der Waals surface area contributed by atoms with Gasteiger partial charge in [0.05, 0.1) is 5.56 Å². The van der Waals surface area contributed by atoms with Crippen LogP contribution in [0.2, 0.25) is 5.02 Å². The number of aromatic nitrogens is 2. The van der Waals surface area contributed by atoms with E-state index in [9.17, 15) is 4.79 Å². The number of hydrogen-bond donors (Lipinski definition) is 2. The number of nitrogens with zero attached hydrogens (tertiary/aromatic N) is 3.